The Morgan fingerprint density at radius 3 is 2.62 bits per heavy atom. The molecule has 1 aliphatic rings. The minimum atomic E-state index is -3.61. The monoisotopic (exact) mass is 375 g/mol. The molecule has 2 heterocycles. The van der Waals surface area contributed by atoms with Crippen LogP contribution in [-0.4, -0.2) is 29.2 Å². The van der Waals surface area contributed by atoms with Gasteiger partial charge in [0.05, 0.1) is 0 Å². The fraction of sp³-hybridized carbons (Fsp3) is 0.235. The minimum absolute atomic E-state index is 0.0646. The first-order valence-corrected chi connectivity index (χ1v) is 9.78. The normalized spacial score (nSPS) is 14.5. The van der Waals surface area contributed by atoms with Crippen LogP contribution in [0.3, 0.4) is 0 Å². The van der Waals surface area contributed by atoms with Crippen molar-refractivity contribution in [2.45, 2.75) is 24.0 Å². The number of sulfone groups is 1. The molecular weight excluding hydrogens is 361 g/mol. The molecule has 26 heavy (non-hydrogen) atoms. The Morgan fingerprint density at radius 1 is 1.23 bits per heavy atom. The van der Waals surface area contributed by atoms with E-state index in [-0.39, 0.29) is 28.3 Å². The van der Waals surface area contributed by atoms with E-state index in [2.05, 4.69) is 9.97 Å². The molecule has 4 rings (SSSR count). The molecule has 0 saturated heterocycles. The third kappa shape index (κ3) is 2.94. The molecule has 0 spiro atoms. The summed E-state index contributed by atoms with van der Waals surface area (Å²) in [5.74, 6) is -0.723. The highest BCUT2D eigenvalue weighted by molar-refractivity contribution is 7.90. The zero-order valence-corrected chi connectivity index (χ0v) is 14.5. The van der Waals surface area contributed by atoms with Gasteiger partial charge in [0.15, 0.2) is 17.3 Å². The van der Waals surface area contributed by atoms with Gasteiger partial charge < -0.3 is 4.74 Å². The first-order valence-electron chi connectivity index (χ1n) is 7.89. The van der Waals surface area contributed by atoms with E-state index < -0.39 is 21.2 Å². The van der Waals surface area contributed by atoms with Gasteiger partial charge in [-0.2, -0.15) is 4.98 Å². The lowest BCUT2D eigenvalue weighted by atomic mass is 10.3. The number of hydrogen-bond acceptors (Lipinski definition) is 6. The van der Waals surface area contributed by atoms with Gasteiger partial charge in [-0.3, -0.25) is 9.36 Å². The minimum Gasteiger partial charge on any atom is -0.448 e. The van der Waals surface area contributed by atoms with Crippen molar-refractivity contribution in [2.24, 2.45) is 0 Å². The van der Waals surface area contributed by atoms with Crippen LogP contribution in [-0.2, 0) is 9.84 Å². The molecule has 0 radical (unpaired) electrons. The Kier molecular flexibility index (Phi) is 3.76. The zero-order chi connectivity index (χ0) is 18.5. The predicted molar refractivity (Wildman–Crippen MR) is 91.7 cm³/mol. The van der Waals surface area contributed by atoms with Crippen molar-refractivity contribution in [2.75, 3.05) is 6.26 Å². The van der Waals surface area contributed by atoms with Gasteiger partial charge in [-0.25, -0.2) is 17.8 Å². The maximum absolute atomic E-state index is 13.9. The van der Waals surface area contributed by atoms with Crippen LogP contribution >= 0.6 is 0 Å². The predicted octanol–water partition coefficient (Wildman–Crippen LogP) is 2.46. The van der Waals surface area contributed by atoms with Crippen LogP contribution in [0.15, 0.2) is 46.5 Å². The highest BCUT2D eigenvalue weighted by atomic mass is 32.2. The number of benzene rings is 1. The van der Waals surface area contributed by atoms with Crippen LogP contribution in [0, 0.1) is 5.82 Å². The summed E-state index contributed by atoms with van der Waals surface area (Å²) >= 11 is 0. The number of nitrogens with zero attached hydrogens (tertiary/aromatic N) is 3. The topological polar surface area (TPSA) is 91.2 Å². The summed E-state index contributed by atoms with van der Waals surface area (Å²) in [4.78, 5) is 20.8. The molecule has 3 aromatic rings. The summed E-state index contributed by atoms with van der Waals surface area (Å²) < 4.78 is 44.2. The number of para-hydroxylation sites is 1. The Morgan fingerprint density at radius 2 is 1.96 bits per heavy atom. The number of rotatable bonds is 4. The van der Waals surface area contributed by atoms with E-state index in [1.165, 1.54) is 35.0 Å². The van der Waals surface area contributed by atoms with E-state index >= 15 is 0 Å². The van der Waals surface area contributed by atoms with Gasteiger partial charge in [0.1, 0.15) is 5.65 Å². The maximum atomic E-state index is 13.9. The van der Waals surface area contributed by atoms with E-state index in [0.717, 1.165) is 19.1 Å². The second kappa shape index (κ2) is 5.87. The molecule has 0 bridgehead atoms. The second-order valence-electron chi connectivity index (χ2n) is 6.15. The van der Waals surface area contributed by atoms with Crippen molar-refractivity contribution in [3.63, 3.8) is 0 Å². The number of aromatic nitrogens is 3. The summed E-state index contributed by atoms with van der Waals surface area (Å²) in [5, 5.41) is 0.0943. The molecule has 2 aromatic heterocycles. The Labute approximate surface area is 148 Å². The third-order valence-electron chi connectivity index (χ3n) is 4.02. The molecule has 0 amide bonds. The molecule has 134 valence electrons. The summed E-state index contributed by atoms with van der Waals surface area (Å²) in [5.41, 5.74) is -0.254. The van der Waals surface area contributed by atoms with Crippen LogP contribution in [0.4, 0.5) is 4.39 Å². The second-order valence-corrected chi connectivity index (χ2v) is 8.06. The van der Waals surface area contributed by atoms with Crippen molar-refractivity contribution >= 4 is 20.9 Å². The quantitative estimate of drug-likeness (QED) is 0.651. The lowest BCUT2D eigenvalue weighted by molar-refractivity contribution is 0.432. The molecular formula is C17H14FN3O4S. The first kappa shape index (κ1) is 16.6. The van der Waals surface area contributed by atoms with E-state index in [4.69, 9.17) is 4.74 Å². The molecule has 0 unspecified atom stereocenters. The van der Waals surface area contributed by atoms with Crippen molar-refractivity contribution in [1.82, 2.24) is 14.5 Å². The number of fused-ring (bicyclic) bond motifs is 1. The standard InChI is InChI=1S/C17H14FN3O4S/c1-26(23,24)17-19-9-10-8-14(25-13-5-3-2-4-12(13)18)16(22)21(11-6-7-11)15(10)20-17/h2-5,8-9,11H,6-7H2,1H3. The smallest absolute Gasteiger partial charge is 0.295 e. The maximum Gasteiger partial charge on any atom is 0.295 e. The van der Waals surface area contributed by atoms with Crippen LogP contribution in [0.5, 0.6) is 11.5 Å². The Hall–Kier alpha value is -2.81. The van der Waals surface area contributed by atoms with Crippen LogP contribution in [0.25, 0.3) is 11.0 Å². The molecule has 1 saturated carbocycles. The Bertz CT molecular complexity index is 1190. The molecule has 1 fully saturated rings. The molecule has 0 atom stereocenters. The average molecular weight is 375 g/mol. The first-order chi connectivity index (χ1) is 12.3. The molecule has 7 nitrogen and oxygen atoms in total. The zero-order valence-electron chi connectivity index (χ0n) is 13.7. The van der Waals surface area contributed by atoms with Gasteiger partial charge in [-0.1, -0.05) is 12.1 Å². The molecule has 1 aliphatic carbocycles. The summed E-state index contributed by atoms with van der Waals surface area (Å²) in [6.45, 7) is 0. The third-order valence-corrected chi connectivity index (χ3v) is 4.88. The van der Waals surface area contributed by atoms with Gasteiger partial charge in [-0.05, 0) is 31.0 Å². The fourth-order valence-electron chi connectivity index (χ4n) is 2.65. The SMILES string of the molecule is CS(=O)(=O)c1ncc2cc(Oc3ccccc3F)c(=O)n(C3CC3)c2n1. The number of halogens is 1. The fourth-order valence-corrected chi connectivity index (χ4v) is 3.14. The van der Waals surface area contributed by atoms with E-state index in [1.807, 2.05) is 0 Å². The lowest BCUT2D eigenvalue weighted by Gasteiger charge is -2.12. The lowest BCUT2D eigenvalue weighted by Crippen LogP contribution is -2.22. The summed E-state index contributed by atoms with van der Waals surface area (Å²) in [6.07, 6.45) is 3.88. The highest BCUT2D eigenvalue weighted by Gasteiger charge is 2.29. The van der Waals surface area contributed by atoms with Gasteiger partial charge in [0, 0.05) is 23.9 Å². The van der Waals surface area contributed by atoms with Crippen molar-refractivity contribution in [3.8, 4) is 11.5 Å². The molecule has 1 aromatic carbocycles. The van der Waals surface area contributed by atoms with Crippen LogP contribution in [0.1, 0.15) is 18.9 Å². The van der Waals surface area contributed by atoms with Gasteiger partial charge >= 0.3 is 0 Å². The summed E-state index contributed by atoms with van der Waals surface area (Å²) in [6, 6.07) is 7.08. The highest BCUT2D eigenvalue weighted by Crippen LogP contribution is 2.36. The van der Waals surface area contributed by atoms with E-state index in [0.29, 0.717) is 5.39 Å². The van der Waals surface area contributed by atoms with Gasteiger partial charge in [0.25, 0.3) is 5.56 Å². The molecule has 0 N–H and O–H groups in total. The molecule has 0 aliphatic heterocycles. The van der Waals surface area contributed by atoms with Crippen LogP contribution in [0.2, 0.25) is 0 Å². The largest absolute Gasteiger partial charge is 0.448 e. The molecule has 9 heteroatoms. The number of ether oxygens (including phenoxy) is 1. The number of hydrogen-bond donors (Lipinski definition) is 0. The van der Waals surface area contributed by atoms with Gasteiger partial charge in [0.2, 0.25) is 15.0 Å². The van der Waals surface area contributed by atoms with Crippen molar-refractivity contribution in [1.29, 1.82) is 0 Å². The van der Waals surface area contributed by atoms with E-state index in [1.54, 1.807) is 6.07 Å². The summed E-state index contributed by atoms with van der Waals surface area (Å²) in [7, 11) is -3.61. The van der Waals surface area contributed by atoms with Crippen molar-refractivity contribution < 1.29 is 17.5 Å². The number of pyridine rings is 1. The van der Waals surface area contributed by atoms with E-state index in [9.17, 15) is 17.6 Å². The Balaban J connectivity index is 1.92. The van der Waals surface area contributed by atoms with Crippen LogP contribution < -0.4 is 10.3 Å². The van der Waals surface area contributed by atoms with Gasteiger partial charge in [-0.15, -0.1) is 0 Å². The van der Waals surface area contributed by atoms with Crippen molar-refractivity contribution in [3.05, 3.63) is 52.7 Å². The average Bonchev–Trinajstić information content (AvgIpc) is 3.41.